The molecule has 118 valence electrons. The molecular formula is C18H34O2. The molecule has 0 bridgehead atoms. The van der Waals surface area contributed by atoms with Crippen molar-refractivity contribution in [2.75, 3.05) is 0 Å². The molecule has 20 heavy (non-hydrogen) atoms. The third-order valence-corrected chi connectivity index (χ3v) is 3.63. The number of hydrogen-bond donors (Lipinski definition) is 0. The van der Waals surface area contributed by atoms with E-state index in [1.54, 1.807) is 6.92 Å². The minimum atomic E-state index is -0.225. The molecule has 0 radical (unpaired) electrons. The van der Waals surface area contributed by atoms with Gasteiger partial charge in [0.05, 0.1) is 0 Å². The summed E-state index contributed by atoms with van der Waals surface area (Å²) < 4.78 is 5.55. The van der Waals surface area contributed by atoms with Gasteiger partial charge in [-0.25, -0.2) is 4.79 Å². The van der Waals surface area contributed by atoms with E-state index in [9.17, 15) is 4.79 Å². The van der Waals surface area contributed by atoms with Crippen molar-refractivity contribution in [3.63, 3.8) is 0 Å². The van der Waals surface area contributed by atoms with Gasteiger partial charge in [-0.15, -0.1) is 0 Å². The zero-order valence-corrected chi connectivity index (χ0v) is 13.9. The van der Waals surface area contributed by atoms with E-state index in [4.69, 9.17) is 4.74 Å². The topological polar surface area (TPSA) is 26.3 Å². The Morgan fingerprint density at radius 1 is 0.900 bits per heavy atom. The van der Waals surface area contributed by atoms with Gasteiger partial charge in [0.1, 0.15) is 6.10 Å². The third kappa shape index (κ3) is 11.1. The van der Waals surface area contributed by atoms with E-state index < -0.39 is 0 Å². The zero-order valence-electron chi connectivity index (χ0n) is 13.9. The van der Waals surface area contributed by atoms with E-state index in [1.807, 2.05) is 0 Å². The largest absolute Gasteiger partial charge is 0.459 e. The number of carbonyl (C=O) groups is 1. The van der Waals surface area contributed by atoms with Gasteiger partial charge >= 0.3 is 5.97 Å². The van der Waals surface area contributed by atoms with Crippen molar-refractivity contribution in [3.8, 4) is 0 Å². The maximum Gasteiger partial charge on any atom is 0.333 e. The molecule has 0 fully saturated rings. The van der Waals surface area contributed by atoms with E-state index in [1.165, 1.54) is 51.4 Å². The number of hydrogen-bond acceptors (Lipinski definition) is 2. The van der Waals surface area contributed by atoms with Crippen LogP contribution in [-0.4, -0.2) is 12.1 Å². The Hall–Kier alpha value is -0.790. The molecule has 0 aromatic heterocycles. The molecular weight excluding hydrogens is 248 g/mol. The van der Waals surface area contributed by atoms with Crippen molar-refractivity contribution < 1.29 is 9.53 Å². The van der Waals surface area contributed by atoms with Crippen LogP contribution >= 0.6 is 0 Å². The molecule has 0 aliphatic heterocycles. The summed E-state index contributed by atoms with van der Waals surface area (Å²) >= 11 is 0. The molecule has 0 saturated heterocycles. The highest BCUT2D eigenvalue weighted by molar-refractivity contribution is 5.87. The monoisotopic (exact) mass is 282 g/mol. The molecule has 1 atom stereocenters. The molecule has 0 aliphatic carbocycles. The average molecular weight is 282 g/mol. The second-order valence-electron chi connectivity index (χ2n) is 5.86. The predicted molar refractivity (Wildman–Crippen MR) is 86.8 cm³/mol. The summed E-state index contributed by atoms with van der Waals surface area (Å²) in [5, 5.41) is 0. The lowest BCUT2D eigenvalue weighted by atomic mass is 10.0. The van der Waals surface area contributed by atoms with Gasteiger partial charge in [-0.1, -0.05) is 65.4 Å². The fourth-order valence-corrected chi connectivity index (χ4v) is 2.29. The molecule has 0 heterocycles. The van der Waals surface area contributed by atoms with Crippen LogP contribution in [0.1, 0.15) is 91.4 Å². The van der Waals surface area contributed by atoms with Crippen LogP contribution in [0.15, 0.2) is 12.2 Å². The van der Waals surface area contributed by atoms with Gasteiger partial charge in [0, 0.05) is 5.57 Å². The highest BCUT2D eigenvalue weighted by Gasteiger charge is 2.14. The molecule has 1 unspecified atom stereocenters. The minimum Gasteiger partial charge on any atom is -0.459 e. The molecule has 0 aromatic rings. The second kappa shape index (κ2) is 13.2. The van der Waals surface area contributed by atoms with Crippen LogP contribution in [0, 0.1) is 0 Å². The molecule has 0 spiro atoms. The van der Waals surface area contributed by atoms with Crippen LogP contribution in [0.5, 0.6) is 0 Å². The number of carbonyl (C=O) groups excluding carboxylic acids is 1. The average Bonchev–Trinajstić information content (AvgIpc) is 2.42. The zero-order chi connectivity index (χ0) is 15.2. The van der Waals surface area contributed by atoms with E-state index in [0.717, 1.165) is 19.3 Å². The van der Waals surface area contributed by atoms with E-state index in [2.05, 4.69) is 20.4 Å². The molecule has 0 saturated carbocycles. The molecule has 0 aromatic carbocycles. The first-order chi connectivity index (χ1) is 9.61. The van der Waals surface area contributed by atoms with Crippen LogP contribution in [0.3, 0.4) is 0 Å². The van der Waals surface area contributed by atoms with Crippen molar-refractivity contribution in [3.05, 3.63) is 12.2 Å². The van der Waals surface area contributed by atoms with Crippen molar-refractivity contribution >= 4 is 5.97 Å². The third-order valence-electron chi connectivity index (χ3n) is 3.63. The molecule has 0 N–H and O–H groups in total. The Bertz CT molecular complexity index is 258. The Kier molecular flexibility index (Phi) is 12.7. The lowest BCUT2D eigenvalue weighted by Gasteiger charge is -2.18. The summed E-state index contributed by atoms with van der Waals surface area (Å²) in [6, 6.07) is 0. The molecule has 0 aliphatic rings. The summed E-state index contributed by atoms with van der Waals surface area (Å²) in [4.78, 5) is 11.6. The SMILES string of the molecule is C=C(C)C(=O)OC(CCCCC)CCCCCCCC. The summed E-state index contributed by atoms with van der Waals surface area (Å²) in [6.45, 7) is 9.81. The Morgan fingerprint density at radius 2 is 1.35 bits per heavy atom. The highest BCUT2D eigenvalue weighted by atomic mass is 16.5. The van der Waals surface area contributed by atoms with E-state index in [0.29, 0.717) is 5.57 Å². The second-order valence-corrected chi connectivity index (χ2v) is 5.86. The Balaban J connectivity index is 3.91. The van der Waals surface area contributed by atoms with Crippen molar-refractivity contribution in [2.24, 2.45) is 0 Å². The molecule has 0 rings (SSSR count). The number of ether oxygens (including phenoxy) is 1. The van der Waals surface area contributed by atoms with Gasteiger partial charge in [-0.3, -0.25) is 0 Å². The minimum absolute atomic E-state index is 0.0944. The van der Waals surface area contributed by atoms with Gasteiger partial charge in [-0.2, -0.15) is 0 Å². The van der Waals surface area contributed by atoms with Crippen LogP contribution < -0.4 is 0 Å². The quantitative estimate of drug-likeness (QED) is 0.242. The highest BCUT2D eigenvalue weighted by Crippen LogP contribution is 2.16. The van der Waals surface area contributed by atoms with Crippen LogP contribution in [0.4, 0.5) is 0 Å². The first kappa shape index (κ1) is 19.2. The van der Waals surface area contributed by atoms with Gasteiger partial charge in [0.2, 0.25) is 0 Å². The smallest absolute Gasteiger partial charge is 0.333 e. The summed E-state index contributed by atoms with van der Waals surface area (Å²) in [5.74, 6) is -0.225. The summed E-state index contributed by atoms with van der Waals surface area (Å²) in [5.41, 5.74) is 0.508. The van der Waals surface area contributed by atoms with Crippen LogP contribution in [0.25, 0.3) is 0 Å². The Morgan fingerprint density at radius 3 is 1.90 bits per heavy atom. The van der Waals surface area contributed by atoms with E-state index >= 15 is 0 Å². The fourth-order valence-electron chi connectivity index (χ4n) is 2.29. The van der Waals surface area contributed by atoms with Crippen molar-refractivity contribution in [2.45, 2.75) is 97.5 Å². The van der Waals surface area contributed by atoms with Gasteiger partial charge in [-0.05, 0) is 32.6 Å². The van der Waals surface area contributed by atoms with Gasteiger partial charge in [0.25, 0.3) is 0 Å². The number of unbranched alkanes of at least 4 members (excludes halogenated alkanes) is 7. The Labute approximate surface area is 126 Å². The first-order valence-electron chi connectivity index (χ1n) is 8.48. The maximum absolute atomic E-state index is 11.6. The van der Waals surface area contributed by atoms with Crippen molar-refractivity contribution in [1.29, 1.82) is 0 Å². The maximum atomic E-state index is 11.6. The standard InChI is InChI=1S/C18H34O2/c1-5-7-9-10-11-13-15-17(14-12-8-6-2)20-18(19)16(3)4/h17H,3,5-15H2,1-2,4H3. The van der Waals surface area contributed by atoms with E-state index in [-0.39, 0.29) is 12.1 Å². The summed E-state index contributed by atoms with van der Waals surface area (Å²) in [6.07, 6.45) is 13.4. The number of esters is 1. The molecule has 2 nitrogen and oxygen atoms in total. The van der Waals surface area contributed by atoms with Gasteiger partial charge < -0.3 is 4.74 Å². The van der Waals surface area contributed by atoms with Crippen molar-refractivity contribution in [1.82, 2.24) is 0 Å². The number of rotatable bonds is 13. The first-order valence-corrected chi connectivity index (χ1v) is 8.48. The fraction of sp³-hybridized carbons (Fsp3) is 0.833. The molecule has 0 amide bonds. The van der Waals surface area contributed by atoms with Crippen LogP contribution in [0.2, 0.25) is 0 Å². The van der Waals surface area contributed by atoms with Crippen LogP contribution in [-0.2, 0) is 9.53 Å². The lowest BCUT2D eigenvalue weighted by molar-refractivity contribution is -0.145. The predicted octanol–water partition coefficient (Wildman–Crippen LogP) is 5.81. The summed E-state index contributed by atoms with van der Waals surface area (Å²) in [7, 11) is 0. The lowest BCUT2D eigenvalue weighted by Crippen LogP contribution is -2.18. The van der Waals surface area contributed by atoms with Gasteiger partial charge in [0.15, 0.2) is 0 Å². The normalized spacial score (nSPS) is 12.2. The molecule has 2 heteroatoms.